The number of anilines is 1. The Hall–Kier alpha value is -1.52. The van der Waals surface area contributed by atoms with E-state index in [0.717, 1.165) is 13.1 Å². The van der Waals surface area contributed by atoms with Gasteiger partial charge in [0.1, 0.15) is 0 Å². The van der Waals surface area contributed by atoms with E-state index in [1.165, 1.54) is 52.0 Å². The van der Waals surface area contributed by atoms with Crippen LogP contribution in [0.4, 0.5) is 5.82 Å². The van der Waals surface area contributed by atoms with Crippen LogP contribution < -0.4 is 15.2 Å². The summed E-state index contributed by atoms with van der Waals surface area (Å²) in [6.45, 7) is 1.96. The number of piperidine rings is 1. The standard InChI is InChI=1S/C14H21N3O2/c1-19-11-12(15-10-16-13(11)18)17-8-6-14(7-9-17)4-2-3-5-14/h10H,2-9H2,1H3,(H,15,16,18). The fourth-order valence-electron chi connectivity index (χ4n) is 3.60. The molecule has 5 nitrogen and oxygen atoms in total. The molecule has 0 aromatic carbocycles. The SMILES string of the molecule is COc1c(N2CCC3(CCCC3)CC2)nc[nH]c1=O. The Balaban J connectivity index is 1.78. The predicted molar refractivity (Wildman–Crippen MR) is 73.8 cm³/mol. The van der Waals surface area contributed by atoms with Gasteiger partial charge in [-0.2, -0.15) is 0 Å². The second-order valence-electron chi connectivity index (χ2n) is 5.78. The van der Waals surface area contributed by atoms with Crippen LogP contribution in [0.3, 0.4) is 0 Å². The Bertz CT molecular complexity index is 496. The lowest BCUT2D eigenvalue weighted by Crippen LogP contribution is -2.40. The highest BCUT2D eigenvalue weighted by atomic mass is 16.5. The average molecular weight is 263 g/mol. The first-order chi connectivity index (χ1) is 9.24. The van der Waals surface area contributed by atoms with Crippen molar-refractivity contribution in [2.24, 2.45) is 5.41 Å². The molecule has 0 amide bonds. The summed E-state index contributed by atoms with van der Waals surface area (Å²) in [6, 6.07) is 0. The van der Waals surface area contributed by atoms with E-state index in [4.69, 9.17) is 4.74 Å². The number of hydrogen-bond donors (Lipinski definition) is 1. The first-order valence-electron chi connectivity index (χ1n) is 7.11. The maximum absolute atomic E-state index is 11.7. The van der Waals surface area contributed by atoms with Crippen LogP contribution in [-0.2, 0) is 0 Å². The molecule has 0 atom stereocenters. The van der Waals surface area contributed by atoms with Crippen LogP contribution in [-0.4, -0.2) is 30.2 Å². The number of rotatable bonds is 2. The number of aromatic nitrogens is 2. The Morgan fingerprint density at radius 3 is 2.58 bits per heavy atom. The van der Waals surface area contributed by atoms with Crippen LogP contribution in [0.5, 0.6) is 5.75 Å². The highest BCUT2D eigenvalue weighted by Gasteiger charge is 2.37. The van der Waals surface area contributed by atoms with Gasteiger partial charge < -0.3 is 14.6 Å². The second kappa shape index (κ2) is 4.87. The summed E-state index contributed by atoms with van der Waals surface area (Å²) in [4.78, 5) is 20.8. The van der Waals surface area contributed by atoms with Crippen LogP contribution in [0.15, 0.2) is 11.1 Å². The highest BCUT2D eigenvalue weighted by Crippen LogP contribution is 2.46. The molecule has 1 spiro atoms. The Labute approximate surface area is 113 Å². The fourth-order valence-corrected chi connectivity index (χ4v) is 3.60. The van der Waals surface area contributed by atoms with Gasteiger partial charge in [-0.3, -0.25) is 4.79 Å². The second-order valence-corrected chi connectivity index (χ2v) is 5.78. The molecule has 1 saturated heterocycles. The molecule has 1 aliphatic heterocycles. The Kier molecular flexibility index (Phi) is 3.21. The molecule has 2 heterocycles. The molecule has 0 radical (unpaired) electrons. The topological polar surface area (TPSA) is 58.2 Å². The third kappa shape index (κ3) is 2.22. The van der Waals surface area contributed by atoms with Crippen molar-refractivity contribution in [2.75, 3.05) is 25.1 Å². The molecule has 1 saturated carbocycles. The number of nitrogens with one attached hydrogen (secondary N) is 1. The van der Waals surface area contributed by atoms with Gasteiger partial charge in [-0.05, 0) is 31.1 Å². The Morgan fingerprint density at radius 2 is 1.95 bits per heavy atom. The van der Waals surface area contributed by atoms with Gasteiger partial charge >= 0.3 is 0 Å². The van der Waals surface area contributed by atoms with Gasteiger partial charge in [0, 0.05) is 13.1 Å². The lowest BCUT2D eigenvalue weighted by molar-refractivity contribution is 0.225. The van der Waals surface area contributed by atoms with Crippen LogP contribution in [0.1, 0.15) is 38.5 Å². The molecule has 2 aliphatic rings. The molecule has 2 fully saturated rings. The third-order valence-corrected chi connectivity index (χ3v) is 4.78. The lowest BCUT2D eigenvalue weighted by Gasteiger charge is -2.40. The number of nitrogens with zero attached hydrogens (tertiary/aromatic N) is 2. The van der Waals surface area contributed by atoms with Gasteiger partial charge in [-0.1, -0.05) is 12.8 Å². The highest BCUT2D eigenvalue weighted by molar-refractivity contribution is 5.51. The number of hydrogen-bond acceptors (Lipinski definition) is 4. The molecule has 19 heavy (non-hydrogen) atoms. The average Bonchev–Trinajstić information content (AvgIpc) is 2.88. The summed E-state index contributed by atoms with van der Waals surface area (Å²) in [6.07, 6.45) is 9.40. The van der Waals surface area contributed by atoms with Crippen molar-refractivity contribution in [3.05, 3.63) is 16.7 Å². The maximum atomic E-state index is 11.7. The van der Waals surface area contributed by atoms with E-state index in [9.17, 15) is 4.79 Å². The zero-order valence-corrected chi connectivity index (χ0v) is 11.4. The van der Waals surface area contributed by atoms with Crippen LogP contribution >= 0.6 is 0 Å². The smallest absolute Gasteiger partial charge is 0.295 e. The van der Waals surface area contributed by atoms with Crippen LogP contribution in [0, 0.1) is 5.41 Å². The molecular formula is C14H21N3O2. The molecule has 0 bridgehead atoms. The van der Waals surface area contributed by atoms with Gasteiger partial charge in [0.05, 0.1) is 13.4 Å². The van der Waals surface area contributed by atoms with Crippen molar-refractivity contribution in [3.8, 4) is 5.75 Å². The minimum atomic E-state index is -0.200. The fraction of sp³-hybridized carbons (Fsp3) is 0.714. The first kappa shape index (κ1) is 12.5. The molecular weight excluding hydrogens is 242 g/mol. The molecule has 1 aromatic heterocycles. The third-order valence-electron chi connectivity index (χ3n) is 4.78. The normalized spacial score (nSPS) is 21.8. The number of aromatic amines is 1. The molecule has 1 aromatic rings. The number of methoxy groups -OCH3 is 1. The molecule has 104 valence electrons. The summed E-state index contributed by atoms with van der Waals surface area (Å²) in [5.74, 6) is 1.03. The van der Waals surface area contributed by atoms with Crippen molar-refractivity contribution < 1.29 is 4.74 Å². The van der Waals surface area contributed by atoms with Gasteiger partial charge in [-0.15, -0.1) is 0 Å². The van der Waals surface area contributed by atoms with Crippen LogP contribution in [0.2, 0.25) is 0 Å². The molecule has 0 unspecified atom stereocenters. The summed E-state index contributed by atoms with van der Waals surface area (Å²) in [7, 11) is 1.53. The van der Waals surface area contributed by atoms with Crippen molar-refractivity contribution in [2.45, 2.75) is 38.5 Å². The van der Waals surface area contributed by atoms with Crippen molar-refractivity contribution in [1.82, 2.24) is 9.97 Å². The van der Waals surface area contributed by atoms with Crippen molar-refractivity contribution in [1.29, 1.82) is 0 Å². The van der Waals surface area contributed by atoms with Gasteiger partial charge in [-0.25, -0.2) is 4.98 Å². The number of H-pyrrole nitrogens is 1. The Morgan fingerprint density at radius 1 is 1.26 bits per heavy atom. The van der Waals surface area contributed by atoms with E-state index in [1.54, 1.807) is 0 Å². The summed E-state index contributed by atoms with van der Waals surface area (Å²) in [5.41, 5.74) is 0.374. The number of ether oxygens (including phenoxy) is 1. The van der Waals surface area contributed by atoms with Crippen molar-refractivity contribution >= 4 is 5.82 Å². The summed E-state index contributed by atoms with van der Waals surface area (Å²) < 4.78 is 5.20. The summed E-state index contributed by atoms with van der Waals surface area (Å²) in [5, 5.41) is 0. The quantitative estimate of drug-likeness (QED) is 0.886. The molecule has 3 rings (SSSR count). The zero-order valence-electron chi connectivity index (χ0n) is 11.4. The first-order valence-corrected chi connectivity index (χ1v) is 7.11. The monoisotopic (exact) mass is 263 g/mol. The lowest BCUT2D eigenvalue weighted by atomic mass is 9.77. The van der Waals surface area contributed by atoms with E-state index in [0.29, 0.717) is 17.0 Å². The van der Waals surface area contributed by atoms with Gasteiger partial charge in [0.2, 0.25) is 5.75 Å². The molecule has 1 N–H and O–H groups in total. The van der Waals surface area contributed by atoms with E-state index in [1.807, 2.05) is 0 Å². The molecule has 1 aliphatic carbocycles. The zero-order chi connectivity index (χ0) is 13.3. The van der Waals surface area contributed by atoms with E-state index in [-0.39, 0.29) is 5.56 Å². The molecule has 5 heteroatoms. The van der Waals surface area contributed by atoms with E-state index < -0.39 is 0 Å². The van der Waals surface area contributed by atoms with Gasteiger partial charge in [0.25, 0.3) is 5.56 Å². The van der Waals surface area contributed by atoms with E-state index in [2.05, 4.69) is 14.9 Å². The maximum Gasteiger partial charge on any atom is 0.295 e. The minimum absolute atomic E-state index is 0.200. The minimum Gasteiger partial charge on any atom is -0.489 e. The predicted octanol–water partition coefficient (Wildman–Crippen LogP) is 1.94. The largest absolute Gasteiger partial charge is 0.489 e. The summed E-state index contributed by atoms with van der Waals surface area (Å²) >= 11 is 0. The van der Waals surface area contributed by atoms with Crippen molar-refractivity contribution in [3.63, 3.8) is 0 Å². The van der Waals surface area contributed by atoms with E-state index >= 15 is 0 Å². The van der Waals surface area contributed by atoms with Gasteiger partial charge in [0.15, 0.2) is 5.82 Å². The van der Waals surface area contributed by atoms with Crippen LogP contribution in [0.25, 0.3) is 0 Å².